The molecular weight excluding hydrogens is 586 g/mol. The van der Waals surface area contributed by atoms with Gasteiger partial charge in [0, 0.05) is 6.07 Å². The molecule has 46 heavy (non-hydrogen) atoms. The highest BCUT2D eigenvalue weighted by molar-refractivity contribution is 5.98. The van der Waals surface area contributed by atoms with Crippen LogP contribution < -0.4 is 16.0 Å². The van der Waals surface area contributed by atoms with Crippen molar-refractivity contribution in [3.8, 4) is 0 Å². The Labute approximate surface area is 274 Å². The Morgan fingerprint density at radius 3 is 2.04 bits per heavy atom. The molecule has 4 rings (SSSR count). The number of carbonyl (C=O) groups is 4. The number of epoxide rings is 1. The molecule has 2 saturated heterocycles. The minimum Gasteiger partial charge on any atom is -0.361 e. The average Bonchev–Trinajstić information content (AvgIpc) is 3.36. The number of benzene rings is 1. The highest BCUT2D eigenvalue weighted by Crippen LogP contribution is 2.29. The lowest BCUT2D eigenvalue weighted by molar-refractivity contribution is -0.131. The minimum atomic E-state index is -0.856. The Hall–Kier alpha value is -3.57. The third-order valence-electron chi connectivity index (χ3n) is 7.52. The summed E-state index contributed by atoms with van der Waals surface area (Å²) in [6, 6.07) is 10.3. The monoisotopic (exact) mass is 641 g/mol. The number of hydrogen-bond donors (Lipinski definition) is 3. The van der Waals surface area contributed by atoms with Crippen LogP contribution >= 0.6 is 0 Å². The molecule has 0 spiro atoms. The van der Waals surface area contributed by atoms with Crippen LogP contribution in [0.15, 0.2) is 40.9 Å². The summed E-state index contributed by atoms with van der Waals surface area (Å²) in [4.78, 5) is 53.3. The highest BCUT2D eigenvalue weighted by atomic mass is 16.6. The maximum atomic E-state index is 12.9. The molecule has 0 aliphatic carbocycles. The van der Waals surface area contributed by atoms with Gasteiger partial charge in [0.1, 0.15) is 11.6 Å². The number of nitrogens with one attached hydrogen (secondary N) is 3. The Morgan fingerprint density at radius 2 is 1.52 bits per heavy atom. The summed E-state index contributed by atoms with van der Waals surface area (Å²) < 4.78 is 10.6. The van der Waals surface area contributed by atoms with Gasteiger partial charge in [0.15, 0.2) is 17.2 Å². The van der Waals surface area contributed by atoms with Crippen LogP contribution in [0.1, 0.15) is 96.0 Å². The molecule has 3 amide bonds. The maximum Gasteiger partial charge on any atom is 0.274 e. The van der Waals surface area contributed by atoms with Gasteiger partial charge in [-0.15, -0.1) is 0 Å². The van der Waals surface area contributed by atoms with Crippen LogP contribution in [0.3, 0.4) is 0 Å². The zero-order chi connectivity index (χ0) is 34.3. The van der Waals surface area contributed by atoms with Crippen molar-refractivity contribution >= 4 is 23.5 Å². The van der Waals surface area contributed by atoms with Crippen LogP contribution in [0, 0.1) is 18.8 Å². The predicted octanol–water partition coefficient (Wildman–Crippen LogP) is 4.44. The molecule has 3 atom stereocenters. The standard InChI is InChI=1S/C26H41N5O6.C7H8.C2H6/c1-16(2)10-19(23(33)26(5)15-36-26)28-22(32)13-27-24(34)20(11-17(3)4)29-25(35)21-12-18(37-30-21)14-31-8-6-7-9-31;1-7-5-3-2-4-6-7;1-2/h12,16-17,19-20H,6-11,13-15H2,1-5H3,(H,27,34)(H,28,32)(H,29,35);2-6H,1H3;1-2H3/t19?,20-,26?;;/m0../s1. The molecule has 0 saturated carbocycles. The molecule has 11 nitrogen and oxygen atoms in total. The quantitative estimate of drug-likeness (QED) is 0.257. The van der Waals surface area contributed by atoms with Crippen molar-refractivity contribution in [2.45, 2.75) is 105 Å². The van der Waals surface area contributed by atoms with E-state index in [-0.39, 0.29) is 29.9 Å². The maximum absolute atomic E-state index is 12.9. The van der Waals surface area contributed by atoms with E-state index in [1.807, 2.05) is 59.7 Å². The number of Topliss-reactive ketones (excluding diaryl/α,β-unsaturated/α-hetero) is 1. The van der Waals surface area contributed by atoms with Crippen LogP contribution in [-0.2, 0) is 25.7 Å². The Bertz CT molecular complexity index is 1240. The number of hydrogen-bond acceptors (Lipinski definition) is 8. The van der Waals surface area contributed by atoms with Gasteiger partial charge in [0.05, 0.1) is 25.7 Å². The number of aryl methyl sites for hydroxylation is 1. The summed E-state index contributed by atoms with van der Waals surface area (Å²) in [6.45, 7) is 18.2. The van der Waals surface area contributed by atoms with Crippen LogP contribution in [-0.4, -0.2) is 77.5 Å². The third-order valence-corrected chi connectivity index (χ3v) is 7.52. The first-order valence-corrected chi connectivity index (χ1v) is 16.6. The number of carbonyl (C=O) groups excluding carboxylic acids is 4. The van der Waals surface area contributed by atoms with E-state index in [1.165, 1.54) is 5.56 Å². The number of nitrogens with zero attached hydrogens (tertiary/aromatic N) is 2. The molecular formula is C35H55N5O6. The summed E-state index contributed by atoms with van der Waals surface area (Å²) in [7, 11) is 0. The summed E-state index contributed by atoms with van der Waals surface area (Å²) in [5.74, 6) is -0.741. The van der Waals surface area contributed by atoms with Gasteiger partial charge in [-0.2, -0.15) is 0 Å². The first-order chi connectivity index (χ1) is 21.9. The zero-order valence-electron chi connectivity index (χ0n) is 29.0. The molecule has 2 aliphatic rings. The van der Waals surface area contributed by atoms with E-state index in [9.17, 15) is 19.2 Å². The summed E-state index contributed by atoms with van der Waals surface area (Å²) in [6.07, 6.45) is 3.14. The smallest absolute Gasteiger partial charge is 0.274 e. The van der Waals surface area contributed by atoms with E-state index >= 15 is 0 Å². The van der Waals surface area contributed by atoms with E-state index in [2.05, 4.69) is 45.1 Å². The topological polar surface area (TPSA) is 146 Å². The number of ether oxygens (including phenoxy) is 1. The Morgan fingerprint density at radius 1 is 0.935 bits per heavy atom. The summed E-state index contributed by atoms with van der Waals surface area (Å²) in [5, 5.41) is 11.9. The van der Waals surface area contributed by atoms with E-state index < -0.39 is 35.4 Å². The molecule has 2 aliphatic heterocycles. The molecule has 11 heteroatoms. The fraction of sp³-hybridized carbons (Fsp3) is 0.629. The lowest BCUT2D eigenvalue weighted by Gasteiger charge is -2.22. The van der Waals surface area contributed by atoms with Gasteiger partial charge >= 0.3 is 0 Å². The van der Waals surface area contributed by atoms with Crippen molar-refractivity contribution in [2.24, 2.45) is 11.8 Å². The van der Waals surface area contributed by atoms with Gasteiger partial charge in [-0.1, -0.05) is 82.6 Å². The van der Waals surface area contributed by atoms with Gasteiger partial charge in [-0.25, -0.2) is 0 Å². The van der Waals surface area contributed by atoms with Gasteiger partial charge in [-0.05, 0) is 64.5 Å². The molecule has 1 aromatic carbocycles. The van der Waals surface area contributed by atoms with Crippen molar-refractivity contribution in [1.82, 2.24) is 26.0 Å². The fourth-order valence-electron chi connectivity index (χ4n) is 4.98. The van der Waals surface area contributed by atoms with E-state index in [1.54, 1.807) is 13.0 Å². The van der Waals surface area contributed by atoms with Crippen molar-refractivity contribution in [2.75, 3.05) is 26.2 Å². The van der Waals surface area contributed by atoms with Crippen LogP contribution in [0.4, 0.5) is 0 Å². The third kappa shape index (κ3) is 13.4. The fourth-order valence-corrected chi connectivity index (χ4v) is 4.98. The molecule has 0 bridgehead atoms. The molecule has 2 fully saturated rings. The van der Waals surface area contributed by atoms with Crippen molar-refractivity contribution in [3.63, 3.8) is 0 Å². The van der Waals surface area contributed by atoms with Crippen LogP contribution in [0.2, 0.25) is 0 Å². The molecule has 256 valence electrons. The normalized spacial score (nSPS) is 18.4. The Kier molecular flexibility index (Phi) is 16.1. The minimum absolute atomic E-state index is 0.110. The number of likely N-dealkylation sites (tertiary alicyclic amines) is 1. The predicted molar refractivity (Wildman–Crippen MR) is 178 cm³/mol. The SMILES string of the molecule is CC.CC(C)CC(NC(=O)CNC(=O)[C@H](CC(C)C)NC(=O)c1cc(CN2CCCC2)on1)C(=O)C1(C)CO1.Cc1ccccc1. The molecule has 2 unspecified atom stereocenters. The van der Waals surface area contributed by atoms with Crippen molar-refractivity contribution in [1.29, 1.82) is 0 Å². The second kappa shape index (κ2) is 19.2. The number of ketones is 1. The van der Waals surface area contributed by atoms with Crippen LogP contribution in [0.5, 0.6) is 0 Å². The van der Waals surface area contributed by atoms with E-state index in [4.69, 9.17) is 9.26 Å². The molecule has 0 radical (unpaired) electrons. The first kappa shape index (κ1) is 38.6. The van der Waals surface area contributed by atoms with Crippen molar-refractivity contribution in [3.05, 3.63) is 53.4 Å². The zero-order valence-corrected chi connectivity index (χ0v) is 29.0. The largest absolute Gasteiger partial charge is 0.361 e. The second-order valence-corrected chi connectivity index (χ2v) is 12.8. The molecule has 3 N–H and O–H groups in total. The molecule has 3 heterocycles. The summed E-state index contributed by atoms with van der Waals surface area (Å²) >= 11 is 0. The lowest BCUT2D eigenvalue weighted by Crippen LogP contribution is -2.52. The lowest BCUT2D eigenvalue weighted by atomic mass is 9.93. The second-order valence-electron chi connectivity index (χ2n) is 12.8. The van der Waals surface area contributed by atoms with E-state index in [0.717, 1.165) is 25.9 Å². The summed E-state index contributed by atoms with van der Waals surface area (Å²) in [5.41, 5.74) is 0.583. The highest BCUT2D eigenvalue weighted by Gasteiger charge is 2.50. The first-order valence-electron chi connectivity index (χ1n) is 16.6. The number of aromatic nitrogens is 1. The van der Waals surface area contributed by atoms with Gasteiger partial charge in [0.2, 0.25) is 11.8 Å². The average molecular weight is 642 g/mol. The number of rotatable bonds is 14. The molecule has 1 aromatic heterocycles. The van der Waals surface area contributed by atoms with Gasteiger partial charge < -0.3 is 25.2 Å². The Balaban J connectivity index is 0.000000711. The van der Waals surface area contributed by atoms with Gasteiger partial charge in [-0.3, -0.25) is 24.1 Å². The van der Waals surface area contributed by atoms with Crippen molar-refractivity contribution < 1.29 is 28.4 Å². The van der Waals surface area contributed by atoms with E-state index in [0.29, 0.717) is 31.8 Å². The van der Waals surface area contributed by atoms with Crippen LogP contribution in [0.25, 0.3) is 0 Å². The van der Waals surface area contributed by atoms with Gasteiger partial charge in [0.25, 0.3) is 5.91 Å². The molecule has 2 aromatic rings. The number of amides is 3.